The first-order valence-corrected chi connectivity index (χ1v) is 9.38. The molecule has 0 bridgehead atoms. The van der Waals surface area contributed by atoms with Crippen LogP contribution in [0.15, 0.2) is 4.99 Å². The van der Waals surface area contributed by atoms with Crippen molar-refractivity contribution in [3.8, 4) is 0 Å². The van der Waals surface area contributed by atoms with Gasteiger partial charge in [0.25, 0.3) is 0 Å². The van der Waals surface area contributed by atoms with Gasteiger partial charge in [-0.3, -0.25) is 4.99 Å². The van der Waals surface area contributed by atoms with Crippen molar-refractivity contribution in [3.63, 3.8) is 0 Å². The molecule has 0 aromatic carbocycles. The summed E-state index contributed by atoms with van der Waals surface area (Å²) in [5, 5.41) is 3.26. The average molecular weight is 438 g/mol. The predicted octanol–water partition coefficient (Wildman–Crippen LogP) is 3.85. The fourth-order valence-electron chi connectivity index (χ4n) is 3.15. The van der Waals surface area contributed by atoms with E-state index in [-0.39, 0.29) is 24.0 Å². The Morgan fingerprint density at radius 2 is 1.91 bits per heavy atom. The second-order valence-electron chi connectivity index (χ2n) is 7.23. The van der Waals surface area contributed by atoms with Gasteiger partial charge >= 0.3 is 0 Å². The van der Waals surface area contributed by atoms with E-state index in [1.807, 2.05) is 0 Å². The molecule has 0 aliphatic carbocycles. The van der Waals surface area contributed by atoms with Crippen LogP contribution in [0, 0.1) is 11.8 Å². The molecule has 0 aromatic heterocycles. The largest absolute Gasteiger partial charge is 0.370 e. The van der Waals surface area contributed by atoms with Gasteiger partial charge in [-0.05, 0) is 31.2 Å². The van der Waals surface area contributed by atoms with Crippen LogP contribution in [0.25, 0.3) is 0 Å². The van der Waals surface area contributed by atoms with E-state index in [0.717, 1.165) is 19.0 Å². The van der Waals surface area contributed by atoms with Crippen molar-refractivity contribution in [2.45, 2.75) is 65.7 Å². The van der Waals surface area contributed by atoms with Gasteiger partial charge < -0.3 is 16.0 Å². The Bertz CT molecular complexity index is 307. The number of hydrogen-bond donors (Lipinski definition) is 2. The van der Waals surface area contributed by atoms with Crippen LogP contribution in [0.1, 0.15) is 65.7 Å². The average Bonchev–Trinajstić information content (AvgIpc) is 2.91. The Morgan fingerprint density at radius 3 is 2.61 bits per heavy atom. The van der Waals surface area contributed by atoms with Crippen LogP contribution in [0.5, 0.6) is 0 Å². The molecule has 0 aromatic rings. The number of aliphatic imine (C=N–C) groups is 1. The van der Waals surface area contributed by atoms with E-state index in [9.17, 15) is 0 Å². The van der Waals surface area contributed by atoms with Crippen molar-refractivity contribution in [3.05, 3.63) is 0 Å². The number of halogens is 1. The van der Waals surface area contributed by atoms with E-state index >= 15 is 0 Å². The van der Waals surface area contributed by atoms with Gasteiger partial charge in [0.1, 0.15) is 0 Å². The van der Waals surface area contributed by atoms with Crippen molar-refractivity contribution < 1.29 is 0 Å². The molecule has 1 fully saturated rings. The number of unbranched alkanes of at least 4 members (excludes halogenated alkanes) is 5. The monoisotopic (exact) mass is 438 g/mol. The van der Waals surface area contributed by atoms with Crippen molar-refractivity contribution in [1.82, 2.24) is 10.2 Å². The van der Waals surface area contributed by atoms with E-state index in [2.05, 4.69) is 36.0 Å². The molecule has 5 heteroatoms. The number of guanidine groups is 1. The third-order valence-electron chi connectivity index (χ3n) is 4.35. The molecule has 138 valence electrons. The van der Waals surface area contributed by atoms with Gasteiger partial charge in [0.15, 0.2) is 5.96 Å². The predicted molar refractivity (Wildman–Crippen MR) is 113 cm³/mol. The number of nitrogens with two attached hydrogens (primary N) is 1. The molecule has 1 saturated heterocycles. The summed E-state index contributed by atoms with van der Waals surface area (Å²) < 4.78 is 0. The minimum absolute atomic E-state index is 0. The molecular formula is C18H39IN4. The van der Waals surface area contributed by atoms with Crippen LogP contribution in [0.4, 0.5) is 0 Å². The zero-order chi connectivity index (χ0) is 16.2. The smallest absolute Gasteiger partial charge is 0.188 e. The van der Waals surface area contributed by atoms with E-state index in [4.69, 9.17) is 5.73 Å². The normalized spacial score (nSPS) is 19.1. The molecule has 4 nitrogen and oxygen atoms in total. The molecule has 0 amide bonds. The summed E-state index contributed by atoms with van der Waals surface area (Å²) in [6.45, 7) is 12.3. The molecule has 23 heavy (non-hydrogen) atoms. The maximum Gasteiger partial charge on any atom is 0.188 e. The van der Waals surface area contributed by atoms with Gasteiger partial charge in [-0.15, -0.1) is 24.0 Å². The first-order valence-electron chi connectivity index (χ1n) is 9.38. The molecule has 3 N–H and O–H groups in total. The summed E-state index contributed by atoms with van der Waals surface area (Å²) in [5.41, 5.74) is 5.95. The summed E-state index contributed by atoms with van der Waals surface area (Å²) in [7, 11) is 0. The molecule has 1 atom stereocenters. The Balaban J connectivity index is 0.00000484. The highest BCUT2D eigenvalue weighted by Crippen LogP contribution is 2.17. The minimum atomic E-state index is 0. The second-order valence-corrected chi connectivity index (χ2v) is 7.23. The Kier molecular flexibility index (Phi) is 14.3. The Hall–Kier alpha value is -0.0400. The molecule has 0 radical (unpaired) electrons. The van der Waals surface area contributed by atoms with Gasteiger partial charge in [0, 0.05) is 26.2 Å². The topological polar surface area (TPSA) is 53.6 Å². The summed E-state index contributed by atoms with van der Waals surface area (Å²) >= 11 is 0. The molecular weight excluding hydrogens is 399 g/mol. The quantitative estimate of drug-likeness (QED) is 0.223. The highest BCUT2D eigenvalue weighted by atomic mass is 127. The van der Waals surface area contributed by atoms with Gasteiger partial charge in [-0.2, -0.15) is 0 Å². The summed E-state index contributed by atoms with van der Waals surface area (Å²) in [6, 6.07) is 0. The maximum absolute atomic E-state index is 5.95. The van der Waals surface area contributed by atoms with Crippen LogP contribution >= 0.6 is 24.0 Å². The molecule has 1 aliphatic rings. The van der Waals surface area contributed by atoms with Crippen LogP contribution in [0.2, 0.25) is 0 Å². The lowest BCUT2D eigenvalue weighted by atomic mass is 10.1. The zero-order valence-corrected chi connectivity index (χ0v) is 17.9. The molecule has 0 saturated carbocycles. The number of hydrogen-bond acceptors (Lipinski definition) is 2. The van der Waals surface area contributed by atoms with E-state index < -0.39 is 0 Å². The van der Waals surface area contributed by atoms with Crippen molar-refractivity contribution >= 4 is 29.9 Å². The van der Waals surface area contributed by atoms with E-state index in [1.54, 1.807) is 0 Å². The van der Waals surface area contributed by atoms with Crippen molar-refractivity contribution in [1.29, 1.82) is 0 Å². The van der Waals surface area contributed by atoms with Crippen LogP contribution in [-0.4, -0.2) is 43.6 Å². The molecule has 1 aliphatic heterocycles. The van der Waals surface area contributed by atoms with Crippen molar-refractivity contribution in [2.75, 3.05) is 32.7 Å². The van der Waals surface area contributed by atoms with Crippen molar-refractivity contribution in [2.24, 2.45) is 22.6 Å². The van der Waals surface area contributed by atoms with Crippen LogP contribution in [-0.2, 0) is 0 Å². The highest BCUT2D eigenvalue weighted by Gasteiger charge is 2.22. The molecule has 0 spiro atoms. The standard InChI is InChI=1S/C18H38N4.HI/c1-4-5-6-7-8-9-11-20-18(19)21-13-17-10-12-22(15-17)14-16(2)3;/h16-17H,4-15H2,1-3H3,(H3,19,20,21);1H. The zero-order valence-electron chi connectivity index (χ0n) is 15.5. The fourth-order valence-corrected chi connectivity index (χ4v) is 3.15. The first kappa shape index (κ1) is 23.0. The molecule has 1 unspecified atom stereocenters. The third kappa shape index (κ3) is 12.0. The molecule has 1 heterocycles. The van der Waals surface area contributed by atoms with Gasteiger partial charge in [0.2, 0.25) is 0 Å². The maximum atomic E-state index is 5.95. The fraction of sp³-hybridized carbons (Fsp3) is 0.944. The lowest BCUT2D eigenvalue weighted by Gasteiger charge is -2.17. The van der Waals surface area contributed by atoms with Crippen LogP contribution < -0.4 is 11.1 Å². The summed E-state index contributed by atoms with van der Waals surface area (Å²) in [4.78, 5) is 7.08. The second kappa shape index (κ2) is 14.3. The van der Waals surface area contributed by atoms with Crippen LogP contribution in [0.3, 0.4) is 0 Å². The summed E-state index contributed by atoms with van der Waals surface area (Å²) in [5.74, 6) is 2.08. The summed E-state index contributed by atoms with van der Waals surface area (Å²) in [6.07, 6.45) is 9.16. The van der Waals surface area contributed by atoms with E-state index in [0.29, 0.717) is 11.9 Å². The van der Waals surface area contributed by atoms with Gasteiger partial charge in [-0.25, -0.2) is 0 Å². The number of nitrogens with zero attached hydrogens (tertiary/aromatic N) is 2. The third-order valence-corrected chi connectivity index (χ3v) is 4.35. The lowest BCUT2D eigenvalue weighted by molar-refractivity contribution is 0.288. The Morgan fingerprint density at radius 1 is 1.22 bits per heavy atom. The SMILES string of the molecule is CCCCCCCCNC(N)=NCC1CCN(CC(C)C)C1.I. The lowest BCUT2D eigenvalue weighted by Crippen LogP contribution is -2.33. The van der Waals surface area contributed by atoms with E-state index in [1.165, 1.54) is 64.6 Å². The molecule has 1 rings (SSSR count). The number of rotatable bonds is 11. The first-order chi connectivity index (χ1) is 10.6. The highest BCUT2D eigenvalue weighted by molar-refractivity contribution is 14.0. The number of nitrogens with one attached hydrogen (secondary N) is 1. The van der Waals surface area contributed by atoms with Gasteiger partial charge in [0.05, 0.1) is 0 Å². The van der Waals surface area contributed by atoms with Gasteiger partial charge in [-0.1, -0.05) is 52.9 Å². The Labute approximate surface area is 161 Å². The minimum Gasteiger partial charge on any atom is -0.370 e. The number of likely N-dealkylation sites (tertiary alicyclic amines) is 1.